The van der Waals surface area contributed by atoms with E-state index in [2.05, 4.69) is 19.2 Å². The van der Waals surface area contributed by atoms with Gasteiger partial charge in [0.05, 0.1) is 18.3 Å². The third kappa shape index (κ3) is 3.69. The van der Waals surface area contributed by atoms with Gasteiger partial charge >= 0.3 is 0 Å². The minimum atomic E-state index is -0.477. The van der Waals surface area contributed by atoms with Crippen LogP contribution in [0.2, 0.25) is 0 Å². The second-order valence-corrected chi connectivity index (χ2v) is 8.73. The van der Waals surface area contributed by atoms with Gasteiger partial charge in [-0.2, -0.15) is 0 Å². The summed E-state index contributed by atoms with van der Waals surface area (Å²) in [5, 5.41) is 3.58. The number of benzene rings is 1. The van der Waals surface area contributed by atoms with Gasteiger partial charge in [-0.05, 0) is 68.0 Å². The molecule has 5 nitrogen and oxygen atoms in total. The maximum Gasteiger partial charge on any atom is 0.242 e. The Morgan fingerprint density at radius 2 is 2.10 bits per heavy atom. The number of halogens is 1. The van der Waals surface area contributed by atoms with Gasteiger partial charge in [0.15, 0.2) is 0 Å². The third-order valence-corrected chi connectivity index (χ3v) is 6.31. The van der Waals surface area contributed by atoms with E-state index in [1.807, 2.05) is 26.1 Å². The second-order valence-electron chi connectivity index (χ2n) is 8.73. The van der Waals surface area contributed by atoms with Crippen molar-refractivity contribution in [1.82, 2.24) is 15.2 Å². The molecule has 0 saturated carbocycles. The summed E-state index contributed by atoms with van der Waals surface area (Å²) in [4.78, 5) is 19.4. The van der Waals surface area contributed by atoms with Crippen molar-refractivity contribution < 1.29 is 13.9 Å². The molecule has 1 amide bonds. The van der Waals surface area contributed by atoms with Crippen molar-refractivity contribution in [3.63, 3.8) is 0 Å². The quantitative estimate of drug-likeness (QED) is 0.791. The molecule has 30 heavy (non-hydrogen) atoms. The van der Waals surface area contributed by atoms with Crippen LogP contribution in [-0.4, -0.2) is 41.5 Å². The first kappa shape index (κ1) is 20.8. The zero-order valence-corrected chi connectivity index (χ0v) is 18.2. The number of hydrogen-bond acceptors (Lipinski definition) is 4. The van der Waals surface area contributed by atoms with Crippen LogP contribution in [0.4, 0.5) is 4.39 Å². The third-order valence-electron chi connectivity index (χ3n) is 6.31. The molecule has 2 atom stereocenters. The predicted molar refractivity (Wildman–Crippen MR) is 115 cm³/mol. The summed E-state index contributed by atoms with van der Waals surface area (Å²) in [6.07, 6.45) is 2.47. The van der Waals surface area contributed by atoms with Gasteiger partial charge in [-0.15, -0.1) is 0 Å². The molecular formula is C24H30FN3O2. The zero-order valence-electron chi connectivity index (χ0n) is 18.2. The minimum Gasteiger partial charge on any atom is -0.494 e. The molecule has 0 radical (unpaired) electrons. The molecular weight excluding hydrogens is 381 g/mol. The highest BCUT2D eigenvalue weighted by molar-refractivity contribution is 5.88. The van der Waals surface area contributed by atoms with Crippen molar-refractivity contribution in [2.24, 2.45) is 0 Å². The summed E-state index contributed by atoms with van der Waals surface area (Å²) < 4.78 is 20.3. The number of amides is 1. The first-order chi connectivity index (χ1) is 14.3. The van der Waals surface area contributed by atoms with Crippen LogP contribution >= 0.6 is 0 Å². The number of nitrogens with zero attached hydrogens (tertiary/aromatic N) is 2. The zero-order chi connectivity index (χ0) is 21.5. The molecule has 0 aliphatic carbocycles. The number of ether oxygens (including phenoxy) is 1. The Morgan fingerprint density at radius 3 is 2.77 bits per heavy atom. The number of rotatable bonds is 5. The van der Waals surface area contributed by atoms with E-state index in [0.29, 0.717) is 17.9 Å². The number of pyridine rings is 1. The number of carbonyl (C=O) groups excluding carboxylic acids is 1. The largest absolute Gasteiger partial charge is 0.494 e. The monoisotopic (exact) mass is 411 g/mol. The van der Waals surface area contributed by atoms with Gasteiger partial charge < -0.3 is 9.64 Å². The van der Waals surface area contributed by atoms with E-state index in [9.17, 15) is 9.18 Å². The summed E-state index contributed by atoms with van der Waals surface area (Å²) in [6, 6.07) is 8.75. The Balaban J connectivity index is 1.72. The average molecular weight is 412 g/mol. The topological polar surface area (TPSA) is 54.5 Å². The van der Waals surface area contributed by atoms with Crippen LogP contribution in [0.15, 0.2) is 30.3 Å². The molecule has 0 bridgehead atoms. The summed E-state index contributed by atoms with van der Waals surface area (Å²) in [5.74, 6) is 0.738. The minimum absolute atomic E-state index is 0.0176. The Kier molecular flexibility index (Phi) is 5.53. The molecule has 2 fully saturated rings. The van der Waals surface area contributed by atoms with Crippen molar-refractivity contribution in [2.75, 3.05) is 20.2 Å². The van der Waals surface area contributed by atoms with Crippen molar-refractivity contribution in [3.8, 4) is 16.9 Å². The lowest BCUT2D eigenvalue weighted by Gasteiger charge is -2.24. The molecule has 2 saturated heterocycles. The summed E-state index contributed by atoms with van der Waals surface area (Å²) in [7, 11) is 1.86. The number of hydrogen-bond donors (Lipinski definition) is 1. The first-order valence-corrected chi connectivity index (χ1v) is 10.8. The summed E-state index contributed by atoms with van der Waals surface area (Å²) in [5.41, 5.74) is 2.61. The van der Waals surface area contributed by atoms with Crippen molar-refractivity contribution in [1.29, 1.82) is 0 Å². The van der Waals surface area contributed by atoms with Crippen LogP contribution in [0.3, 0.4) is 0 Å². The lowest BCUT2D eigenvalue weighted by Crippen LogP contribution is -2.47. The summed E-state index contributed by atoms with van der Waals surface area (Å²) in [6.45, 7) is 7.39. The molecule has 0 unspecified atom stereocenters. The highest BCUT2D eigenvalue weighted by Gasteiger charge is 2.50. The Labute approximate surface area is 177 Å². The van der Waals surface area contributed by atoms with Crippen LogP contribution in [0.5, 0.6) is 5.75 Å². The SMILES string of the molecule is CCOc1ccc(F)c(-c2cc(C(C)C)nc([C@@H]3CC[C@]4(CCN(C)C4=O)N3)c2)c1. The molecule has 1 aromatic carbocycles. The molecule has 1 aromatic heterocycles. The van der Waals surface area contributed by atoms with Gasteiger partial charge in [0.2, 0.25) is 5.91 Å². The fourth-order valence-corrected chi connectivity index (χ4v) is 4.57. The number of likely N-dealkylation sites (tertiary alicyclic amines) is 1. The Hall–Kier alpha value is -2.47. The molecule has 1 N–H and O–H groups in total. The maximum atomic E-state index is 14.7. The highest BCUT2D eigenvalue weighted by Crippen LogP contribution is 2.40. The normalized spacial score (nSPS) is 23.7. The van der Waals surface area contributed by atoms with Gasteiger partial charge in [-0.25, -0.2) is 4.39 Å². The standard InChI is InChI=1S/C24H30FN3O2/c1-5-30-17-6-7-19(25)18(14-17)16-12-21(15(2)3)26-22(13-16)20-8-9-24(27-20)10-11-28(4)23(24)29/h6-7,12-15,20,27H,5,8-11H2,1-4H3/t20-,24+/m0/s1. The molecule has 2 aliphatic heterocycles. The smallest absolute Gasteiger partial charge is 0.242 e. The molecule has 4 rings (SSSR count). The van der Waals surface area contributed by atoms with E-state index in [4.69, 9.17) is 9.72 Å². The molecule has 2 aromatic rings. The van der Waals surface area contributed by atoms with E-state index in [1.165, 1.54) is 6.07 Å². The van der Waals surface area contributed by atoms with Gasteiger partial charge in [0, 0.05) is 24.8 Å². The molecule has 6 heteroatoms. The van der Waals surface area contributed by atoms with Gasteiger partial charge in [-0.3, -0.25) is 15.1 Å². The fourth-order valence-electron chi connectivity index (χ4n) is 4.57. The molecule has 1 spiro atoms. The maximum absolute atomic E-state index is 14.7. The first-order valence-electron chi connectivity index (χ1n) is 10.8. The fraction of sp³-hybridized carbons (Fsp3) is 0.500. The Morgan fingerprint density at radius 1 is 1.30 bits per heavy atom. The number of aromatic nitrogens is 1. The molecule has 3 heterocycles. The van der Waals surface area contributed by atoms with Crippen molar-refractivity contribution >= 4 is 5.91 Å². The van der Waals surface area contributed by atoms with E-state index in [1.54, 1.807) is 17.0 Å². The predicted octanol–water partition coefficient (Wildman–Crippen LogP) is 4.44. The second kappa shape index (κ2) is 7.99. The average Bonchev–Trinajstić information content (AvgIpc) is 3.29. The number of carbonyl (C=O) groups is 1. The van der Waals surface area contributed by atoms with Crippen LogP contribution in [0, 0.1) is 5.82 Å². The van der Waals surface area contributed by atoms with Crippen molar-refractivity contribution in [2.45, 2.75) is 57.5 Å². The highest BCUT2D eigenvalue weighted by atomic mass is 19.1. The van der Waals surface area contributed by atoms with Crippen LogP contribution in [0.1, 0.15) is 63.4 Å². The van der Waals surface area contributed by atoms with Crippen molar-refractivity contribution in [3.05, 3.63) is 47.5 Å². The van der Waals surface area contributed by atoms with E-state index < -0.39 is 5.54 Å². The Bertz CT molecular complexity index is 961. The van der Waals surface area contributed by atoms with Crippen LogP contribution in [-0.2, 0) is 4.79 Å². The van der Waals surface area contributed by atoms with Gasteiger partial charge in [-0.1, -0.05) is 13.8 Å². The van der Waals surface area contributed by atoms with Crippen LogP contribution in [0.25, 0.3) is 11.1 Å². The van der Waals surface area contributed by atoms with Gasteiger partial charge in [0.1, 0.15) is 17.1 Å². The van der Waals surface area contributed by atoms with E-state index in [0.717, 1.165) is 42.8 Å². The number of nitrogens with one attached hydrogen (secondary N) is 1. The molecule has 2 aliphatic rings. The van der Waals surface area contributed by atoms with Gasteiger partial charge in [0.25, 0.3) is 0 Å². The lowest BCUT2D eigenvalue weighted by molar-refractivity contribution is -0.131. The molecule has 160 valence electrons. The van der Waals surface area contributed by atoms with E-state index >= 15 is 0 Å². The summed E-state index contributed by atoms with van der Waals surface area (Å²) >= 11 is 0. The number of likely N-dealkylation sites (N-methyl/N-ethyl adjacent to an activating group) is 1. The van der Waals surface area contributed by atoms with E-state index in [-0.39, 0.29) is 23.7 Å². The van der Waals surface area contributed by atoms with Crippen LogP contribution < -0.4 is 10.1 Å². The lowest BCUT2D eigenvalue weighted by atomic mass is 9.96.